The van der Waals surface area contributed by atoms with Crippen molar-refractivity contribution in [1.29, 1.82) is 0 Å². The van der Waals surface area contributed by atoms with Gasteiger partial charge in [0.25, 0.3) is 5.91 Å². The second kappa shape index (κ2) is 5.80. The molecule has 1 unspecified atom stereocenters. The van der Waals surface area contributed by atoms with Gasteiger partial charge in [-0.25, -0.2) is 13.6 Å². The van der Waals surface area contributed by atoms with Gasteiger partial charge in [0.05, 0.1) is 12.2 Å². The predicted octanol–water partition coefficient (Wildman–Crippen LogP) is 0.812. The summed E-state index contributed by atoms with van der Waals surface area (Å²) in [5.41, 5.74) is 0.870. The fourth-order valence-electron chi connectivity index (χ4n) is 2.45. The normalized spacial score (nSPS) is 19.6. The van der Waals surface area contributed by atoms with Crippen LogP contribution in [0.2, 0.25) is 0 Å². The van der Waals surface area contributed by atoms with E-state index in [4.69, 9.17) is 9.88 Å². The predicted molar refractivity (Wildman–Crippen MR) is 76.3 cm³/mol. The molecular formula is C12H18N2O4S2. The monoisotopic (exact) mass is 318 g/mol. The van der Waals surface area contributed by atoms with E-state index in [1.165, 1.54) is 0 Å². The van der Waals surface area contributed by atoms with Gasteiger partial charge in [0.15, 0.2) is 0 Å². The molecule has 1 amide bonds. The number of amides is 1. The SMILES string of the molecule is COCC1CCN(C(=O)c2csc(S(N)(=O)=O)c2C)C1. The number of ether oxygens (including phenoxy) is 1. The maximum atomic E-state index is 12.4. The third-order valence-corrected chi connectivity index (χ3v) is 6.14. The molecule has 20 heavy (non-hydrogen) atoms. The molecule has 2 heterocycles. The molecule has 8 heteroatoms. The topological polar surface area (TPSA) is 89.7 Å². The van der Waals surface area contributed by atoms with Crippen LogP contribution in [0.4, 0.5) is 0 Å². The van der Waals surface area contributed by atoms with E-state index in [0.717, 1.165) is 17.8 Å². The minimum absolute atomic E-state index is 0.0634. The van der Waals surface area contributed by atoms with Crippen molar-refractivity contribution in [3.05, 3.63) is 16.5 Å². The van der Waals surface area contributed by atoms with Gasteiger partial charge < -0.3 is 9.64 Å². The average Bonchev–Trinajstić information content (AvgIpc) is 2.95. The van der Waals surface area contributed by atoms with Crippen molar-refractivity contribution >= 4 is 27.3 Å². The van der Waals surface area contributed by atoms with Crippen molar-refractivity contribution < 1.29 is 17.9 Å². The van der Waals surface area contributed by atoms with Gasteiger partial charge in [0.2, 0.25) is 10.0 Å². The minimum atomic E-state index is -3.76. The molecule has 0 saturated carbocycles. The Balaban J connectivity index is 2.17. The van der Waals surface area contributed by atoms with Crippen molar-refractivity contribution in [2.75, 3.05) is 26.8 Å². The summed E-state index contributed by atoms with van der Waals surface area (Å²) in [6, 6.07) is 0. The Labute approximate surface area is 122 Å². The van der Waals surface area contributed by atoms with Crippen LogP contribution in [0.25, 0.3) is 0 Å². The van der Waals surface area contributed by atoms with Gasteiger partial charge in [-0.15, -0.1) is 11.3 Å². The number of methoxy groups -OCH3 is 1. The number of sulfonamides is 1. The van der Waals surface area contributed by atoms with E-state index in [9.17, 15) is 13.2 Å². The number of rotatable bonds is 4. The van der Waals surface area contributed by atoms with Gasteiger partial charge in [-0.05, 0) is 18.9 Å². The molecule has 1 fully saturated rings. The van der Waals surface area contributed by atoms with Crippen LogP contribution < -0.4 is 5.14 Å². The lowest BCUT2D eigenvalue weighted by molar-refractivity contribution is 0.0775. The van der Waals surface area contributed by atoms with Crippen LogP contribution in [-0.2, 0) is 14.8 Å². The highest BCUT2D eigenvalue weighted by Gasteiger charge is 2.29. The Kier molecular flexibility index (Phi) is 4.48. The molecule has 0 spiro atoms. The average molecular weight is 318 g/mol. The summed E-state index contributed by atoms with van der Waals surface area (Å²) < 4.78 is 28.0. The molecule has 0 bridgehead atoms. The summed E-state index contributed by atoms with van der Waals surface area (Å²) in [6.45, 7) is 3.57. The zero-order valence-corrected chi connectivity index (χ0v) is 13.1. The maximum Gasteiger partial charge on any atom is 0.255 e. The zero-order valence-electron chi connectivity index (χ0n) is 11.5. The molecule has 1 aromatic heterocycles. The molecule has 1 aromatic rings. The van der Waals surface area contributed by atoms with Crippen molar-refractivity contribution in [2.24, 2.45) is 11.1 Å². The third-order valence-electron chi connectivity index (χ3n) is 3.46. The van der Waals surface area contributed by atoms with E-state index in [1.54, 1.807) is 24.3 Å². The standard InChI is InChI=1S/C12H18N2O4S2/c1-8-10(7-19-12(8)20(13,16)17)11(15)14-4-3-9(5-14)6-18-2/h7,9H,3-6H2,1-2H3,(H2,13,16,17). The van der Waals surface area contributed by atoms with Crippen LogP contribution in [0, 0.1) is 12.8 Å². The van der Waals surface area contributed by atoms with Gasteiger partial charge >= 0.3 is 0 Å². The van der Waals surface area contributed by atoms with Crippen LogP contribution in [0.15, 0.2) is 9.59 Å². The highest BCUT2D eigenvalue weighted by molar-refractivity contribution is 7.91. The quantitative estimate of drug-likeness (QED) is 0.889. The lowest BCUT2D eigenvalue weighted by atomic mass is 10.1. The van der Waals surface area contributed by atoms with Gasteiger partial charge in [-0.3, -0.25) is 4.79 Å². The number of hydrogen-bond donors (Lipinski definition) is 1. The Hall–Kier alpha value is -0.960. The lowest BCUT2D eigenvalue weighted by Crippen LogP contribution is -2.29. The van der Waals surface area contributed by atoms with E-state index in [2.05, 4.69) is 0 Å². The van der Waals surface area contributed by atoms with Crippen LogP contribution in [0.1, 0.15) is 22.3 Å². The first-order valence-electron chi connectivity index (χ1n) is 6.23. The van der Waals surface area contributed by atoms with E-state index in [-0.39, 0.29) is 10.1 Å². The summed E-state index contributed by atoms with van der Waals surface area (Å²) >= 11 is 0.996. The second-order valence-corrected chi connectivity index (χ2v) is 7.60. The fourth-order valence-corrected chi connectivity index (χ4v) is 4.46. The van der Waals surface area contributed by atoms with Gasteiger partial charge in [0, 0.05) is 31.5 Å². The third kappa shape index (κ3) is 3.03. The van der Waals surface area contributed by atoms with E-state index >= 15 is 0 Å². The molecule has 2 N–H and O–H groups in total. The fraction of sp³-hybridized carbons (Fsp3) is 0.583. The highest BCUT2D eigenvalue weighted by Crippen LogP contribution is 2.28. The van der Waals surface area contributed by atoms with E-state index in [1.807, 2.05) is 0 Å². The summed E-state index contributed by atoms with van der Waals surface area (Å²) in [5.74, 6) is 0.216. The van der Waals surface area contributed by atoms with Gasteiger partial charge in [-0.2, -0.15) is 0 Å². The van der Waals surface area contributed by atoms with Crippen LogP contribution >= 0.6 is 11.3 Å². The lowest BCUT2D eigenvalue weighted by Gasteiger charge is -2.16. The number of hydrogen-bond acceptors (Lipinski definition) is 5. The van der Waals surface area contributed by atoms with Gasteiger partial charge in [0.1, 0.15) is 4.21 Å². The number of nitrogens with zero attached hydrogens (tertiary/aromatic N) is 1. The number of carbonyl (C=O) groups is 1. The summed E-state index contributed by atoms with van der Waals surface area (Å²) in [7, 11) is -2.12. The number of primary sulfonamides is 1. The first-order chi connectivity index (χ1) is 9.34. The smallest absolute Gasteiger partial charge is 0.255 e. The van der Waals surface area contributed by atoms with Gasteiger partial charge in [-0.1, -0.05) is 0 Å². The Morgan fingerprint density at radius 2 is 2.30 bits per heavy atom. The molecule has 2 rings (SSSR count). The largest absolute Gasteiger partial charge is 0.384 e. The number of likely N-dealkylation sites (tertiary alicyclic amines) is 1. The van der Waals surface area contributed by atoms with E-state index < -0.39 is 10.0 Å². The number of nitrogens with two attached hydrogens (primary N) is 1. The Morgan fingerprint density at radius 1 is 1.60 bits per heavy atom. The van der Waals surface area contributed by atoms with Crippen LogP contribution in [0.5, 0.6) is 0 Å². The first-order valence-corrected chi connectivity index (χ1v) is 8.66. The Morgan fingerprint density at radius 3 is 2.85 bits per heavy atom. The summed E-state index contributed by atoms with van der Waals surface area (Å²) in [6.07, 6.45) is 0.908. The molecule has 1 saturated heterocycles. The molecule has 0 aromatic carbocycles. The number of carbonyl (C=O) groups excluding carboxylic acids is 1. The Bertz CT molecular complexity index is 609. The molecule has 112 valence electrons. The number of thiophene rings is 1. The molecule has 0 aliphatic carbocycles. The van der Waals surface area contributed by atoms with Crippen molar-refractivity contribution in [1.82, 2.24) is 4.90 Å². The van der Waals surface area contributed by atoms with E-state index in [0.29, 0.717) is 36.7 Å². The maximum absolute atomic E-state index is 12.4. The van der Waals surface area contributed by atoms with Crippen LogP contribution in [0.3, 0.4) is 0 Å². The first kappa shape index (κ1) is 15.4. The minimum Gasteiger partial charge on any atom is -0.384 e. The molecule has 1 atom stereocenters. The van der Waals surface area contributed by atoms with Crippen LogP contribution in [-0.4, -0.2) is 46.0 Å². The molecule has 0 radical (unpaired) electrons. The molecule has 1 aliphatic heterocycles. The van der Waals surface area contributed by atoms with Crippen molar-refractivity contribution in [3.63, 3.8) is 0 Å². The molecule has 6 nitrogen and oxygen atoms in total. The summed E-state index contributed by atoms with van der Waals surface area (Å²) in [4.78, 5) is 14.2. The van der Waals surface area contributed by atoms with Crippen molar-refractivity contribution in [3.8, 4) is 0 Å². The second-order valence-electron chi connectivity index (χ2n) is 4.97. The zero-order chi connectivity index (χ0) is 14.9. The highest BCUT2D eigenvalue weighted by atomic mass is 32.2. The van der Waals surface area contributed by atoms with Crippen molar-refractivity contribution in [2.45, 2.75) is 17.6 Å². The molecular weight excluding hydrogens is 300 g/mol. The molecule has 1 aliphatic rings. The summed E-state index contributed by atoms with van der Waals surface area (Å²) in [5, 5.41) is 6.70.